The monoisotopic (exact) mass is 291 g/mol. The average Bonchev–Trinajstić information content (AvgIpc) is 2.39. The minimum atomic E-state index is -3.50. The van der Waals surface area contributed by atoms with Crippen molar-refractivity contribution in [2.45, 2.75) is 18.2 Å². The predicted octanol–water partition coefficient (Wildman–Crippen LogP) is 1.49. The van der Waals surface area contributed by atoms with Crippen molar-refractivity contribution in [3.8, 4) is 0 Å². The second kappa shape index (κ2) is 6.02. The Morgan fingerprint density at radius 1 is 1.20 bits per heavy atom. The molecule has 0 aliphatic carbocycles. The molecule has 0 unspecified atom stereocenters. The summed E-state index contributed by atoms with van der Waals surface area (Å²) in [5.74, 6) is 0. The predicted molar refractivity (Wildman–Crippen MR) is 78.7 cm³/mol. The van der Waals surface area contributed by atoms with E-state index in [4.69, 9.17) is 5.73 Å². The first-order valence-electron chi connectivity index (χ1n) is 6.24. The first-order valence-corrected chi connectivity index (χ1v) is 7.72. The van der Waals surface area contributed by atoms with Gasteiger partial charge in [-0.1, -0.05) is 0 Å². The third kappa shape index (κ3) is 3.55. The number of benzene rings is 1. The molecule has 2 aromatic rings. The molecule has 0 aliphatic rings. The van der Waals surface area contributed by atoms with Gasteiger partial charge in [-0.05, 0) is 54.8 Å². The van der Waals surface area contributed by atoms with Crippen LogP contribution in [0.5, 0.6) is 0 Å². The summed E-state index contributed by atoms with van der Waals surface area (Å²) < 4.78 is 27.0. The summed E-state index contributed by atoms with van der Waals surface area (Å²) in [5.41, 5.74) is 7.86. The van der Waals surface area contributed by atoms with Gasteiger partial charge in [-0.15, -0.1) is 0 Å². The van der Waals surface area contributed by atoms with Gasteiger partial charge < -0.3 is 5.73 Å². The maximum absolute atomic E-state index is 12.2. The number of rotatable bonds is 5. The number of aromatic nitrogens is 1. The van der Waals surface area contributed by atoms with Gasteiger partial charge in [0.1, 0.15) is 0 Å². The van der Waals surface area contributed by atoms with E-state index in [9.17, 15) is 8.42 Å². The summed E-state index contributed by atoms with van der Waals surface area (Å²) >= 11 is 0. The number of sulfonamides is 1. The lowest BCUT2D eigenvalue weighted by Gasteiger charge is -2.09. The van der Waals surface area contributed by atoms with Crippen LogP contribution in [0.2, 0.25) is 0 Å². The van der Waals surface area contributed by atoms with Crippen molar-refractivity contribution in [1.82, 2.24) is 9.71 Å². The number of hydrogen-bond donors (Lipinski definition) is 2. The van der Waals surface area contributed by atoms with Crippen molar-refractivity contribution in [1.29, 1.82) is 0 Å². The Hall–Kier alpha value is -1.92. The number of nitrogens with two attached hydrogens (primary N) is 1. The molecular weight excluding hydrogens is 274 g/mol. The molecule has 0 bridgehead atoms. The Balaban J connectivity index is 2.04. The topological polar surface area (TPSA) is 85.1 Å². The number of anilines is 1. The van der Waals surface area contributed by atoms with E-state index in [1.165, 1.54) is 6.07 Å². The first kappa shape index (κ1) is 14.5. The van der Waals surface area contributed by atoms with E-state index in [1.807, 2.05) is 12.1 Å². The Morgan fingerprint density at radius 3 is 2.55 bits per heavy atom. The van der Waals surface area contributed by atoms with Crippen LogP contribution in [0.25, 0.3) is 0 Å². The molecule has 2 rings (SSSR count). The van der Waals surface area contributed by atoms with Gasteiger partial charge in [0.05, 0.1) is 4.90 Å². The zero-order chi connectivity index (χ0) is 14.6. The van der Waals surface area contributed by atoms with Crippen LogP contribution >= 0.6 is 0 Å². The summed E-state index contributed by atoms with van der Waals surface area (Å²) in [5, 5.41) is 0. The normalized spacial score (nSPS) is 11.4. The molecule has 0 fully saturated rings. The molecule has 0 amide bonds. The van der Waals surface area contributed by atoms with Crippen LogP contribution in [0, 0.1) is 6.92 Å². The van der Waals surface area contributed by atoms with Gasteiger partial charge in [0.2, 0.25) is 10.0 Å². The first-order chi connectivity index (χ1) is 9.49. The fraction of sp³-hybridized carbons (Fsp3) is 0.214. The molecule has 1 aromatic heterocycles. The Labute approximate surface area is 118 Å². The van der Waals surface area contributed by atoms with Gasteiger partial charge >= 0.3 is 0 Å². The molecule has 0 spiro atoms. The summed E-state index contributed by atoms with van der Waals surface area (Å²) in [4.78, 5) is 4.18. The highest BCUT2D eigenvalue weighted by Gasteiger charge is 2.15. The van der Waals surface area contributed by atoms with Gasteiger partial charge in [-0.2, -0.15) is 0 Å². The lowest BCUT2D eigenvalue weighted by atomic mass is 10.2. The Kier molecular flexibility index (Phi) is 4.36. The van der Waals surface area contributed by atoms with Crippen LogP contribution in [0.15, 0.2) is 47.6 Å². The molecule has 20 heavy (non-hydrogen) atoms. The molecule has 0 aliphatic heterocycles. The third-order valence-corrected chi connectivity index (χ3v) is 4.56. The van der Waals surface area contributed by atoms with Crippen molar-refractivity contribution in [3.63, 3.8) is 0 Å². The van der Waals surface area contributed by atoms with E-state index in [1.54, 1.807) is 31.5 Å². The minimum absolute atomic E-state index is 0.265. The highest BCUT2D eigenvalue weighted by Crippen LogP contribution is 2.17. The number of aryl methyl sites for hydroxylation is 1. The van der Waals surface area contributed by atoms with Gasteiger partial charge in [0, 0.05) is 24.6 Å². The van der Waals surface area contributed by atoms with Crippen molar-refractivity contribution in [2.24, 2.45) is 0 Å². The number of nitrogen functional groups attached to an aromatic ring is 1. The molecule has 0 atom stereocenters. The number of pyridine rings is 1. The standard InChI is InChI=1S/C14H17N3O2S/c1-11-10-13(15)2-3-14(11)20(18,19)17-9-6-12-4-7-16-8-5-12/h2-5,7-8,10,17H,6,9,15H2,1H3. The molecule has 5 nitrogen and oxygen atoms in total. The number of nitrogens with zero attached hydrogens (tertiary/aromatic N) is 1. The van der Waals surface area contributed by atoms with E-state index in [2.05, 4.69) is 9.71 Å². The molecule has 3 N–H and O–H groups in total. The maximum Gasteiger partial charge on any atom is 0.240 e. The summed E-state index contributed by atoms with van der Waals surface area (Å²) in [6.07, 6.45) is 4.00. The lowest BCUT2D eigenvalue weighted by molar-refractivity contribution is 0.581. The Morgan fingerprint density at radius 2 is 1.90 bits per heavy atom. The quantitative estimate of drug-likeness (QED) is 0.817. The SMILES string of the molecule is Cc1cc(N)ccc1S(=O)(=O)NCCc1ccncc1. The molecule has 0 saturated heterocycles. The molecule has 6 heteroatoms. The zero-order valence-corrected chi connectivity index (χ0v) is 12.0. The molecule has 106 valence electrons. The van der Waals surface area contributed by atoms with E-state index in [-0.39, 0.29) is 4.90 Å². The zero-order valence-electron chi connectivity index (χ0n) is 11.2. The summed E-state index contributed by atoms with van der Waals surface area (Å²) in [7, 11) is -3.50. The van der Waals surface area contributed by atoms with Gasteiger partial charge in [0.25, 0.3) is 0 Å². The second-order valence-electron chi connectivity index (χ2n) is 4.53. The van der Waals surface area contributed by atoms with Crippen molar-refractivity contribution < 1.29 is 8.42 Å². The van der Waals surface area contributed by atoms with Crippen molar-refractivity contribution >= 4 is 15.7 Å². The average molecular weight is 291 g/mol. The van der Waals surface area contributed by atoms with Crippen LogP contribution in [0.4, 0.5) is 5.69 Å². The maximum atomic E-state index is 12.2. The largest absolute Gasteiger partial charge is 0.399 e. The summed E-state index contributed by atoms with van der Waals surface area (Å²) in [6.45, 7) is 2.07. The highest BCUT2D eigenvalue weighted by atomic mass is 32.2. The van der Waals surface area contributed by atoms with E-state index >= 15 is 0 Å². The minimum Gasteiger partial charge on any atom is -0.399 e. The third-order valence-electron chi connectivity index (χ3n) is 2.94. The van der Waals surface area contributed by atoms with Crippen molar-refractivity contribution in [2.75, 3.05) is 12.3 Å². The van der Waals surface area contributed by atoms with E-state index in [0.29, 0.717) is 24.2 Å². The van der Waals surface area contributed by atoms with Gasteiger partial charge in [0.15, 0.2) is 0 Å². The molecule has 0 saturated carbocycles. The number of hydrogen-bond acceptors (Lipinski definition) is 4. The van der Waals surface area contributed by atoms with Crippen molar-refractivity contribution in [3.05, 3.63) is 53.9 Å². The van der Waals surface area contributed by atoms with Crippen LogP contribution in [-0.2, 0) is 16.4 Å². The fourth-order valence-corrected chi connectivity index (χ4v) is 3.19. The fourth-order valence-electron chi connectivity index (χ4n) is 1.93. The van der Waals surface area contributed by atoms with Gasteiger partial charge in [-0.3, -0.25) is 4.98 Å². The van der Waals surface area contributed by atoms with E-state index in [0.717, 1.165) is 5.56 Å². The van der Waals surface area contributed by atoms with Crippen LogP contribution in [0.1, 0.15) is 11.1 Å². The van der Waals surface area contributed by atoms with Gasteiger partial charge in [-0.25, -0.2) is 13.1 Å². The highest BCUT2D eigenvalue weighted by molar-refractivity contribution is 7.89. The number of nitrogens with one attached hydrogen (secondary N) is 1. The molecule has 1 aromatic carbocycles. The second-order valence-corrected chi connectivity index (χ2v) is 6.26. The smallest absolute Gasteiger partial charge is 0.240 e. The lowest BCUT2D eigenvalue weighted by Crippen LogP contribution is -2.26. The van der Waals surface area contributed by atoms with Crippen LogP contribution in [0.3, 0.4) is 0 Å². The summed E-state index contributed by atoms with van der Waals surface area (Å²) in [6, 6.07) is 8.49. The Bertz CT molecular complexity index is 685. The van der Waals surface area contributed by atoms with Crippen LogP contribution in [-0.4, -0.2) is 19.9 Å². The van der Waals surface area contributed by atoms with E-state index < -0.39 is 10.0 Å². The van der Waals surface area contributed by atoms with Crippen LogP contribution < -0.4 is 10.5 Å². The molecule has 0 radical (unpaired) electrons. The molecule has 1 heterocycles. The molecular formula is C14H17N3O2S.